The molecule has 1 N–H and O–H groups in total. The molecule has 0 bridgehead atoms. The van der Waals surface area contributed by atoms with Crippen molar-refractivity contribution in [3.8, 4) is 5.75 Å². The van der Waals surface area contributed by atoms with Crippen molar-refractivity contribution in [3.63, 3.8) is 0 Å². The number of nitrogens with one attached hydrogen (secondary N) is 1. The Balaban J connectivity index is 2.44. The van der Waals surface area contributed by atoms with Gasteiger partial charge in [0.25, 0.3) is 0 Å². The summed E-state index contributed by atoms with van der Waals surface area (Å²) in [5.74, 6) is 2.20. The van der Waals surface area contributed by atoms with Gasteiger partial charge in [-0.05, 0) is 31.5 Å². The van der Waals surface area contributed by atoms with Gasteiger partial charge in [-0.2, -0.15) is 0 Å². The number of methoxy groups -OCH3 is 1. The molecule has 1 heterocycles. The van der Waals surface area contributed by atoms with E-state index in [1.165, 1.54) is 0 Å². The van der Waals surface area contributed by atoms with Crippen LogP contribution in [0, 0.1) is 13.8 Å². The van der Waals surface area contributed by atoms with E-state index in [2.05, 4.69) is 15.3 Å². The lowest BCUT2D eigenvalue weighted by atomic mass is 10.2. The average Bonchev–Trinajstić information content (AvgIpc) is 2.44. The van der Waals surface area contributed by atoms with Crippen molar-refractivity contribution in [3.05, 3.63) is 40.3 Å². The Kier molecular flexibility index (Phi) is 4.45. The standard InChI is InChI=1S/C15H18ClN3O/c1-5-13-18-14(16)10(3)15(19-13)17-11-8-9(2)6-7-12(11)20-4/h6-8H,5H2,1-4H3,(H,17,18,19). The van der Waals surface area contributed by atoms with Crippen molar-refractivity contribution in [2.24, 2.45) is 0 Å². The number of halogens is 1. The normalized spacial score (nSPS) is 10.4. The van der Waals surface area contributed by atoms with Crippen LogP contribution in [0.4, 0.5) is 11.5 Å². The molecular formula is C15H18ClN3O. The maximum absolute atomic E-state index is 6.15. The van der Waals surface area contributed by atoms with Crippen molar-refractivity contribution in [1.82, 2.24) is 9.97 Å². The third-order valence-corrected chi connectivity index (χ3v) is 3.42. The number of anilines is 2. The molecule has 0 aliphatic heterocycles. The number of rotatable bonds is 4. The number of ether oxygens (including phenoxy) is 1. The zero-order valence-corrected chi connectivity index (χ0v) is 12.9. The van der Waals surface area contributed by atoms with Gasteiger partial charge in [-0.25, -0.2) is 9.97 Å². The van der Waals surface area contributed by atoms with E-state index in [1.54, 1.807) is 7.11 Å². The van der Waals surface area contributed by atoms with Crippen LogP contribution in [-0.4, -0.2) is 17.1 Å². The fourth-order valence-corrected chi connectivity index (χ4v) is 2.05. The molecule has 0 atom stereocenters. The Bertz CT molecular complexity index is 629. The first-order valence-corrected chi connectivity index (χ1v) is 6.87. The maximum Gasteiger partial charge on any atom is 0.142 e. The lowest BCUT2D eigenvalue weighted by molar-refractivity contribution is 0.416. The van der Waals surface area contributed by atoms with Gasteiger partial charge >= 0.3 is 0 Å². The van der Waals surface area contributed by atoms with Crippen molar-refractivity contribution >= 4 is 23.1 Å². The molecule has 0 amide bonds. The summed E-state index contributed by atoms with van der Waals surface area (Å²) in [5, 5.41) is 3.77. The molecule has 2 aromatic rings. The minimum Gasteiger partial charge on any atom is -0.495 e. The second-order valence-electron chi connectivity index (χ2n) is 4.59. The molecule has 5 heteroatoms. The summed E-state index contributed by atoms with van der Waals surface area (Å²) in [5.41, 5.74) is 2.83. The van der Waals surface area contributed by atoms with Crippen LogP contribution in [0.2, 0.25) is 5.15 Å². The molecule has 106 valence electrons. The molecule has 2 rings (SSSR count). The molecule has 1 aromatic carbocycles. The molecule has 0 aliphatic carbocycles. The summed E-state index contributed by atoms with van der Waals surface area (Å²) in [6.07, 6.45) is 0.736. The number of benzene rings is 1. The Morgan fingerprint density at radius 2 is 2.00 bits per heavy atom. The van der Waals surface area contributed by atoms with Crippen LogP contribution in [-0.2, 0) is 6.42 Å². The largest absolute Gasteiger partial charge is 0.495 e. The number of hydrogen-bond donors (Lipinski definition) is 1. The summed E-state index contributed by atoms with van der Waals surface area (Å²) in [7, 11) is 1.65. The Morgan fingerprint density at radius 1 is 1.25 bits per heavy atom. The molecule has 0 aliphatic rings. The summed E-state index contributed by atoms with van der Waals surface area (Å²) in [6.45, 7) is 5.92. The minimum absolute atomic E-state index is 0.478. The zero-order chi connectivity index (χ0) is 14.7. The number of aryl methyl sites for hydroxylation is 2. The summed E-state index contributed by atoms with van der Waals surface area (Å²) < 4.78 is 5.36. The number of aromatic nitrogens is 2. The van der Waals surface area contributed by atoms with E-state index < -0.39 is 0 Å². The van der Waals surface area contributed by atoms with Gasteiger partial charge in [0.05, 0.1) is 12.8 Å². The van der Waals surface area contributed by atoms with E-state index in [4.69, 9.17) is 16.3 Å². The van der Waals surface area contributed by atoms with Crippen LogP contribution >= 0.6 is 11.6 Å². The smallest absolute Gasteiger partial charge is 0.142 e. The Morgan fingerprint density at radius 3 is 2.65 bits per heavy atom. The third-order valence-electron chi connectivity index (χ3n) is 3.06. The van der Waals surface area contributed by atoms with Gasteiger partial charge in [0.1, 0.15) is 22.5 Å². The topological polar surface area (TPSA) is 47.0 Å². The Hall–Kier alpha value is -1.81. The predicted octanol–water partition coefficient (Wildman–Crippen LogP) is 4.06. The lowest BCUT2D eigenvalue weighted by Crippen LogP contribution is -2.04. The molecule has 4 nitrogen and oxygen atoms in total. The van der Waals surface area contributed by atoms with Gasteiger partial charge in [-0.1, -0.05) is 24.6 Å². The van der Waals surface area contributed by atoms with E-state index in [9.17, 15) is 0 Å². The van der Waals surface area contributed by atoms with Gasteiger partial charge in [0.2, 0.25) is 0 Å². The molecule has 0 saturated heterocycles. The van der Waals surface area contributed by atoms with E-state index in [-0.39, 0.29) is 0 Å². The van der Waals surface area contributed by atoms with E-state index in [0.717, 1.165) is 34.8 Å². The van der Waals surface area contributed by atoms with Crippen molar-refractivity contribution < 1.29 is 4.74 Å². The SMILES string of the molecule is CCc1nc(Cl)c(C)c(Nc2cc(C)ccc2OC)n1. The minimum atomic E-state index is 0.478. The van der Waals surface area contributed by atoms with Crippen molar-refractivity contribution in [2.75, 3.05) is 12.4 Å². The number of nitrogens with zero attached hydrogens (tertiary/aromatic N) is 2. The van der Waals surface area contributed by atoms with E-state index >= 15 is 0 Å². The molecule has 0 spiro atoms. The third kappa shape index (κ3) is 3.02. The first-order valence-electron chi connectivity index (χ1n) is 6.49. The first-order chi connectivity index (χ1) is 9.55. The molecule has 0 fully saturated rings. The van der Waals surface area contributed by atoms with E-state index in [1.807, 2.05) is 39.0 Å². The fourth-order valence-electron chi connectivity index (χ4n) is 1.86. The zero-order valence-electron chi connectivity index (χ0n) is 12.1. The van der Waals surface area contributed by atoms with Gasteiger partial charge in [-0.3, -0.25) is 0 Å². The Labute approximate surface area is 124 Å². The van der Waals surface area contributed by atoms with Crippen LogP contribution in [0.3, 0.4) is 0 Å². The lowest BCUT2D eigenvalue weighted by Gasteiger charge is -2.14. The molecule has 0 unspecified atom stereocenters. The summed E-state index contributed by atoms with van der Waals surface area (Å²) in [4.78, 5) is 8.73. The quantitative estimate of drug-likeness (QED) is 0.863. The van der Waals surface area contributed by atoms with Gasteiger partial charge in [-0.15, -0.1) is 0 Å². The molecule has 1 aromatic heterocycles. The molecule has 20 heavy (non-hydrogen) atoms. The highest BCUT2D eigenvalue weighted by Gasteiger charge is 2.11. The van der Waals surface area contributed by atoms with Crippen molar-refractivity contribution in [2.45, 2.75) is 27.2 Å². The summed E-state index contributed by atoms with van der Waals surface area (Å²) in [6, 6.07) is 5.94. The van der Waals surface area contributed by atoms with Crippen molar-refractivity contribution in [1.29, 1.82) is 0 Å². The van der Waals surface area contributed by atoms with Crippen LogP contribution in [0.5, 0.6) is 5.75 Å². The highest BCUT2D eigenvalue weighted by atomic mass is 35.5. The van der Waals surface area contributed by atoms with Gasteiger partial charge in [0.15, 0.2) is 0 Å². The average molecular weight is 292 g/mol. The monoisotopic (exact) mass is 291 g/mol. The van der Waals surface area contributed by atoms with Crippen LogP contribution < -0.4 is 10.1 Å². The maximum atomic E-state index is 6.15. The fraction of sp³-hybridized carbons (Fsp3) is 0.333. The van der Waals surface area contributed by atoms with Crippen LogP contribution in [0.25, 0.3) is 0 Å². The second kappa shape index (κ2) is 6.09. The van der Waals surface area contributed by atoms with Crippen LogP contribution in [0.1, 0.15) is 23.9 Å². The highest BCUT2D eigenvalue weighted by Crippen LogP contribution is 2.30. The van der Waals surface area contributed by atoms with Gasteiger partial charge < -0.3 is 10.1 Å². The van der Waals surface area contributed by atoms with Gasteiger partial charge in [0, 0.05) is 12.0 Å². The van der Waals surface area contributed by atoms with Crippen LogP contribution in [0.15, 0.2) is 18.2 Å². The molecule has 0 radical (unpaired) electrons. The number of hydrogen-bond acceptors (Lipinski definition) is 4. The molecule has 0 saturated carbocycles. The van der Waals surface area contributed by atoms with E-state index in [0.29, 0.717) is 11.0 Å². The summed E-state index contributed by atoms with van der Waals surface area (Å²) >= 11 is 6.15. The molecular weight excluding hydrogens is 274 g/mol. The highest BCUT2D eigenvalue weighted by molar-refractivity contribution is 6.30. The first kappa shape index (κ1) is 14.6. The second-order valence-corrected chi connectivity index (χ2v) is 4.94. The predicted molar refractivity (Wildman–Crippen MR) is 82.2 cm³/mol.